The van der Waals surface area contributed by atoms with Gasteiger partial charge in [0, 0.05) is 12.5 Å². The van der Waals surface area contributed by atoms with E-state index < -0.39 is 9.84 Å². The van der Waals surface area contributed by atoms with Crippen molar-refractivity contribution in [1.82, 2.24) is 9.36 Å². The van der Waals surface area contributed by atoms with E-state index >= 15 is 0 Å². The van der Waals surface area contributed by atoms with Gasteiger partial charge in [-0.05, 0) is 17.6 Å². The van der Waals surface area contributed by atoms with Gasteiger partial charge in [-0.1, -0.05) is 0 Å². The van der Waals surface area contributed by atoms with Crippen molar-refractivity contribution in [2.24, 2.45) is 0 Å². The molecule has 0 radical (unpaired) electrons. The maximum absolute atomic E-state index is 11.2. The number of hydrogen-bond donors (Lipinski definition) is 1. The van der Waals surface area contributed by atoms with Crippen LogP contribution in [0.25, 0.3) is 11.0 Å². The van der Waals surface area contributed by atoms with Gasteiger partial charge in [-0.15, -0.1) is 0 Å². The van der Waals surface area contributed by atoms with Crippen LogP contribution in [0.15, 0.2) is 16.5 Å². The Morgan fingerprint density at radius 2 is 2.33 bits per heavy atom. The van der Waals surface area contributed by atoms with Crippen LogP contribution in [0.4, 0.5) is 0 Å². The molecule has 0 spiro atoms. The third kappa shape index (κ3) is 1.03. The molecule has 0 saturated heterocycles. The molecule has 0 bridgehead atoms. The molecule has 2 rings (SSSR count). The predicted octanol–water partition coefficient (Wildman–Crippen LogP) is 1.03. The first-order chi connectivity index (χ1) is 5.59. The third-order valence-corrected chi connectivity index (χ3v) is 4.19. The van der Waals surface area contributed by atoms with Crippen LogP contribution in [-0.2, 0) is 9.84 Å². The molecule has 0 unspecified atom stereocenters. The Hall–Kier alpha value is -0.880. The minimum Gasteiger partial charge on any atom is -0.345 e. The van der Waals surface area contributed by atoms with Gasteiger partial charge in [-0.25, -0.2) is 8.42 Å². The number of aromatic amines is 1. The Morgan fingerprint density at radius 3 is 3.00 bits per heavy atom. The molecule has 0 amide bonds. The van der Waals surface area contributed by atoms with Gasteiger partial charge >= 0.3 is 0 Å². The van der Waals surface area contributed by atoms with Crippen LogP contribution in [0.3, 0.4) is 0 Å². The Kier molecular flexibility index (Phi) is 1.49. The highest BCUT2D eigenvalue weighted by Gasteiger charge is 2.15. The lowest BCUT2D eigenvalue weighted by molar-refractivity contribution is 0.604. The third-order valence-electron chi connectivity index (χ3n) is 1.50. The molecule has 1 N–H and O–H groups in total. The molecule has 0 atom stereocenters. The number of sulfone groups is 1. The van der Waals surface area contributed by atoms with Crippen molar-refractivity contribution in [2.75, 3.05) is 6.26 Å². The lowest BCUT2D eigenvalue weighted by Crippen LogP contribution is -1.92. The zero-order chi connectivity index (χ0) is 8.77. The van der Waals surface area contributed by atoms with E-state index in [1.54, 1.807) is 12.3 Å². The highest BCUT2D eigenvalue weighted by Crippen LogP contribution is 2.25. The van der Waals surface area contributed by atoms with Crippen LogP contribution in [0.5, 0.6) is 0 Å². The molecule has 0 aliphatic rings. The van der Waals surface area contributed by atoms with Crippen molar-refractivity contribution in [3.8, 4) is 0 Å². The van der Waals surface area contributed by atoms with E-state index in [0.717, 1.165) is 11.5 Å². The van der Waals surface area contributed by atoms with Crippen molar-refractivity contribution >= 4 is 32.4 Å². The summed E-state index contributed by atoms with van der Waals surface area (Å²) in [5.74, 6) is 0. The normalized spacial score (nSPS) is 12.4. The average Bonchev–Trinajstić information content (AvgIpc) is 2.37. The summed E-state index contributed by atoms with van der Waals surface area (Å²) in [6.45, 7) is 0. The van der Waals surface area contributed by atoms with E-state index in [9.17, 15) is 8.42 Å². The lowest BCUT2D eigenvalue weighted by atomic mass is 10.5. The van der Waals surface area contributed by atoms with E-state index in [1.165, 1.54) is 6.26 Å². The maximum Gasteiger partial charge on any atom is 0.187 e. The van der Waals surface area contributed by atoms with Crippen LogP contribution < -0.4 is 0 Å². The van der Waals surface area contributed by atoms with Crippen LogP contribution in [0, 0.1) is 0 Å². The van der Waals surface area contributed by atoms with Gasteiger partial charge in [0.1, 0.15) is 4.21 Å². The molecule has 4 nitrogen and oxygen atoms in total. The minimum atomic E-state index is -3.12. The van der Waals surface area contributed by atoms with Gasteiger partial charge in [0.05, 0.1) is 5.39 Å². The predicted molar refractivity (Wildman–Crippen MR) is 47.1 cm³/mol. The molecule has 0 aliphatic heterocycles. The molecule has 0 aliphatic carbocycles. The number of nitrogens with one attached hydrogen (secondary N) is 1. The largest absolute Gasteiger partial charge is 0.345 e. The fourth-order valence-corrected chi connectivity index (χ4v) is 2.81. The number of fused-ring (bicyclic) bond motifs is 1. The second kappa shape index (κ2) is 2.30. The highest BCUT2D eigenvalue weighted by molar-refractivity contribution is 7.92. The summed E-state index contributed by atoms with van der Waals surface area (Å²) in [4.78, 5) is 2.85. The number of rotatable bonds is 1. The van der Waals surface area contributed by atoms with E-state index in [-0.39, 0.29) is 0 Å². The molecular formula is C6H6N2O2S2. The number of H-pyrrole nitrogens is 1. The number of nitrogens with zero attached hydrogens (tertiary/aromatic N) is 1. The summed E-state index contributed by atoms with van der Waals surface area (Å²) in [5, 5.41) is 0.683. The van der Waals surface area contributed by atoms with Crippen molar-refractivity contribution in [3.63, 3.8) is 0 Å². The molecule has 12 heavy (non-hydrogen) atoms. The smallest absolute Gasteiger partial charge is 0.187 e. The summed E-state index contributed by atoms with van der Waals surface area (Å²) in [7, 11) is -3.12. The lowest BCUT2D eigenvalue weighted by Gasteiger charge is -1.88. The van der Waals surface area contributed by atoms with E-state index in [0.29, 0.717) is 15.2 Å². The summed E-state index contributed by atoms with van der Waals surface area (Å²) in [5.41, 5.74) is 0.639. The van der Waals surface area contributed by atoms with Crippen molar-refractivity contribution in [1.29, 1.82) is 0 Å². The second-order valence-corrected chi connectivity index (χ2v) is 5.47. The zero-order valence-corrected chi connectivity index (χ0v) is 7.87. The highest BCUT2D eigenvalue weighted by atomic mass is 32.2. The fraction of sp³-hybridized carbons (Fsp3) is 0.167. The van der Waals surface area contributed by atoms with Crippen molar-refractivity contribution in [2.45, 2.75) is 4.21 Å². The Bertz CT molecular complexity index is 508. The van der Waals surface area contributed by atoms with Gasteiger partial charge in [-0.3, -0.25) is 0 Å². The first-order valence-electron chi connectivity index (χ1n) is 3.22. The van der Waals surface area contributed by atoms with Crippen molar-refractivity contribution < 1.29 is 8.42 Å². The van der Waals surface area contributed by atoms with E-state index in [2.05, 4.69) is 9.36 Å². The SMILES string of the molecule is CS(=O)(=O)c1snc2[nH]ccc12. The number of aromatic nitrogens is 2. The fourth-order valence-electron chi connectivity index (χ4n) is 1.00. The van der Waals surface area contributed by atoms with Gasteiger partial charge < -0.3 is 4.98 Å². The van der Waals surface area contributed by atoms with Crippen LogP contribution in [0.1, 0.15) is 0 Å². The monoisotopic (exact) mass is 202 g/mol. The molecule has 0 aromatic carbocycles. The topological polar surface area (TPSA) is 62.8 Å². The van der Waals surface area contributed by atoms with Gasteiger partial charge in [0.25, 0.3) is 0 Å². The van der Waals surface area contributed by atoms with Gasteiger partial charge in [0.15, 0.2) is 15.5 Å². The Balaban J connectivity index is 2.87. The molecule has 2 aromatic heterocycles. The molecule has 0 fully saturated rings. The molecule has 2 aromatic rings. The molecule has 2 heterocycles. The Labute approximate surface area is 73.3 Å². The van der Waals surface area contributed by atoms with Crippen LogP contribution in [-0.4, -0.2) is 24.0 Å². The van der Waals surface area contributed by atoms with Crippen LogP contribution >= 0.6 is 11.5 Å². The molecule has 64 valence electrons. The standard InChI is InChI=1S/C6H6N2O2S2/c1-12(9,10)6-4-2-3-7-5(4)8-11-6/h2-3H,1H3,(H,7,8). The van der Waals surface area contributed by atoms with E-state index in [1.807, 2.05) is 0 Å². The van der Waals surface area contributed by atoms with Gasteiger partial charge in [-0.2, -0.15) is 4.37 Å². The molecule has 0 saturated carbocycles. The van der Waals surface area contributed by atoms with E-state index in [4.69, 9.17) is 0 Å². The quantitative estimate of drug-likeness (QED) is 0.751. The first-order valence-corrected chi connectivity index (χ1v) is 5.88. The second-order valence-electron chi connectivity index (χ2n) is 2.48. The average molecular weight is 202 g/mol. The summed E-state index contributed by atoms with van der Waals surface area (Å²) in [6, 6.07) is 1.72. The van der Waals surface area contributed by atoms with Gasteiger partial charge in [0.2, 0.25) is 0 Å². The first kappa shape index (κ1) is 7.75. The maximum atomic E-state index is 11.2. The minimum absolute atomic E-state index is 0.332. The zero-order valence-electron chi connectivity index (χ0n) is 6.23. The van der Waals surface area contributed by atoms with Crippen molar-refractivity contribution in [3.05, 3.63) is 12.3 Å². The summed E-state index contributed by atoms with van der Waals surface area (Å²) in [6.07, 6.45) is 2.87. The number of hydrogen-bond acceptors (Lipinski definition) is 4. The summed E-state index contributed by atoms with van der Waals surface area (Å²) >= 11 is 1.01. The van der Waals surface area contributed by atoms with Crippen LogP contribution in [0.2, 0.25) is 0 Å². The Morgan fingerprint density at radius 1 is 1.58 bits per heavy atom. The summed E-state index contributed by atoms with van der Waals surface area (Å²) < 4.78 is 26.6. The molecular weight excluding hydrogens is 196 g/mol. The molecule has 6 heteroatoms.